The van der Waals surface area contributed by atoms with Crippen LogP contribution in [0, 0.1) is 12.7 Å². The average Bonchev–Trinajstić information content (AvgIpc) is 2.82. The van der Waals surface area contributed by atoms with Crippen molar-refractivity contribution in [2.24, 2.45) is 0 Å². The van der Waals surface area contributed by atoms with Gasteiger partial charge in [0.15, 0.2) is 0 Å². The zero-order valence-corrected chi connectivity index (χ0v) is 10.9. The smallest absolute Gasteiger partial charge is 0.148 e. The fourth-order valence-electron chi connectivity index (χ4n) is 2.41. The van der Waals surface area contributed by atoms with Crippen LogP contribution in [0.25, 0.3) is 5.69 Å². The van der Waals surface area contributed by atoms with Crippen molar-refractivity contribution < 1.29 is 4.39 Å². The lowest BCUT2D eigenvalue weighted by Crippen LogP contribution is -2.44. The molecule has 0 saturated carbocycles. The third-order valence-corrected chi connectivity index (χ3v) is 3.33. The minimum Gasteiger partial charge on any atom is -0.354 e. The molecular weight excluding hydrogens is 243 g/mol. The number of rotatable bonds is 2. The number of hydrogen-bond donors (Lipinski definition) is 1. The van der Waals surface area contributed by atoms with Gasteiger partial charge in [0, 0.05) is 32.2 Å². The van der Waals surface area contributed by atoms with Gasteiger partial charge in [-0.25, -0.2) is 9.07 Å². The summed E-state index contributed by atoms with van der Waals surface area (Å²) < 4.78 is 15.6. The summed E-state index contributed by atoms with van der Waals surface area (Å²) in [4.78, 5) is 2.24. The van der Waals surface area contributed by atoms with Crippen LogP contribution in [0.15, 0.2) is 30.3 Å². The average molecular weight is 260 g/mol. The second kappa shape index (κ2) is 5.01. The highest BCUT2D eigenvalue weighted by atomic mass is 19.1. The van der Waals surface area contributed by atoms with Gasteiger partial charge in [-0.3, -0.25) is 0 Å². The fraction of sp³-hybridized carbons (Fsp3) is 0.357. The molecule has 0 unspecified atom stereocenters. The van der Waals surface area contributed by atoms with Crippen LogP contribution in [0.3, 0.4) is 0 Å². The summed E-state index contributed by atoms with van der Waals surface area (Å²) in [6, 6.07) is 8.76. The molecule has 19 heavy (non-hydrogen) atoms. The minimum absolute atomic E-state index is 0.248. The molecule has 1 aliphatic heterocycles. The Morgan fingerprint density at radius 2 is 1.95 bits per heavy atom. The van der Waals surface area contributed by atoms with Crippen LogP contribution in [0.2, 0.25) is 0 Å². The highest BCUT2D eigenvalue weighted by Crippen LogP contribution is 2.23. The first-order chi connectivity index (χ1) is 9.25. The predicted molar refractivity (Wildman–Crippen MR) is 73.3 cm³/mol. The Balaban J connectivity index is 2.04. The second-order valence-corrected chi connectivity index (χ2v) is 4.74. The van der Waals surface area contributed by atoms with Crippen molar-refractivity contribution in [3.8, 4) is 5.69 Å². The number of benzene rings is 1. The Morgan fingerprint density at radius 1 is 1.21 bits per heavy atom. The summed E-state index contributed by atoms with van der Waals surface area (Å²) in [6.45, 7) is 5.66. The number of nitrogens with zero attached hydrogens (tertiary/aromatic N) is 3. The van der Waals surface area contributed by atoms with E-state index in [1.807, 2.05) is 19.1 Å². The topological polar surface area (TPSA) is 33.1 Å². The molecule has 3 rings (SSSR count). The Hall–Kier alpha value is -1.88. The van der Waals surface area contributed by atoms with Crippen LogP contribution < -0.4 is 10.2 Å². The zero-order valence-electron chi connectivity index (χ0n) is 10.9. The van der Waals surface area contributed by atoms with Gasteiger partial charge in [-0.2, -0.15) is 5.10 Å². The van der Waals surface area contributed by atoms with Crippen molar-refractivity contribution in [3.05, 3.63) is 41.8 Å². The summed E-state index contributed by atoms with van der Waals surface area (Å²) in [5.74, 6) is 0.714. The minimum atomic E-state index is -0.248. The van der Waals surface area contributed by atoms with E-state index in [4.69, 9.17) is 0 Å². The number of nitrogens with one attached hydrogen (secondary N) is 1. The zero-order chi connectivity index (χ0) is 13.2. The molecule has 4 nitrogen and oxygen atoms in total. The van der Waals surface area contributed by atoms with Crippen LogP contribution >= 0.6 is 0 Å². The lowest BCUT2D eigenvalue weighted by Gasteiger charge is -2.29. The van der Waals surface area contributed by atoms with Crippen molar-refractivity contribution in [1.82, 2.24) is 15.1 Å². The maximum Gasteiger partial charge on any atom is 0.148 e. The van der Waals surface area contributed by atoms with Crippen molar-refractivity contribution in [2.45, 2.75) is 6.92 Å². The maximum atomic E-state index is 13.9. The van der Waals surface area contributed by atoms with Gasteiger partial charge in [-0.05, 0) is 19.1 Å². The molecule has 2 heterocycles. The van der Waals surface area contributed by atoms with Gasteiger partial charge < -0.3 is 10.2 Å². The Labute approximate surface area is 111 Å². The van der Waals surface area contributed by atoms with E-state index in [0.717, 1.165) is 37.7 Å². The van der Waals surface area contributed by atoms with Crippen LogP contribution in [-0.4, -0.2) is 36.0 Å². The summed E-state index contributed by atoms with van der Waals surface area (Å²) in [5, 5.41) is 7.75. The van der Waals surface area contributed by atoms with E-state index < -0.39 is 0 Å². The van der Waals surface area contributed by atoms with Crippen LogP contribution in [0.4, 0.5) is 10.2 Å². The Kier molecular flexibility index (Phi) is 3.21. The molecule has 1 saturated heterocycles. The van der Waals surface area contributed by atoms with Crippen molar-refractivity contribution in [1.29, 1.82) is 0 Å². The summed E-state index contributed by atoms with van der Waals surface area (Å²) in [7, 11) is 0. The van der Waals surface area contributed by atoms with Gasteiger partial charge >= 0.3 is 0 Å². The van der Waals surface area contributed by atoms with Gasteiger partial charge in [0.2, 0.25) is 0 Å². The monoisotopic (exact) mass is 260 g/mol. The highest BCUT2D eigenvalue weighted by molar-refractivity contribution is 5.49. The molecule has 1 aromatic heterocycles. The quantitative estimate of drug-likeness (QED) is 0.892. The molecule has 1 N–H and O–H groups in total. The van der Waals surface area contributed by atoms with Crippen LogP contribution in [-0.2, 0) is 0 Å². The lowest BCUT2D eigenvalue weighted by molar-refractivity contribution is 0.572. The molecule has 0 bridgehead atoms. The normalized spacial score (nSPS) is 15.8. The van der Waals surface area contributed by atoms with E-state index in [9.17, 15) is 4.39 Å². The SMILES string of the molecule is Cc1cc(N2CCNCC2)n(-c2ccccc2F)n1. The van der Waals surface area contributed by atoms with Gasteiger partial charge in [0.25, 0.3) is 0 Å². The van der Waals surface area contributed by atoms with E-state index in [-0.39, 0.29) is 5.82 Å². The first-order valence-electron chi connectivity index (χ1n) is 6.53. The van der Waals surface area contributed by atoms with Crippen LogP contribution in [0.5, 0.6) is 0 Å². The molecule has 0 amide bonds. The summed E-state index contributed by atoms with van der Waals surface area (Å²) >= 11 is 0. The molecule has 0 aliphatic carbocycles. The molecular formula is C14H17FN4. The summed E-state index contributed by atoms with van der Waals surface area (Å²) in [6.07, 6.45) is 0. The van der Waals surface area contributed by atoms with Gasteiger partial charge in [-0.15, -0.1) is 0 Å². The largest absolute Gasteiger partial charge is 0.354 e. The van der Waals surface area contributed by atoms with Gasteiger partial charge in [0.05, 0.1) is 5.69 Å². The standard InChI is InChI=1S/C14H17FN4/c1-11-10-14(18-8-6-16-7-9-18)19(17-11)13-5-3-2-4-12(13)15/h2-5,10,16H,6-9H2,1H3. The first-order valence-corrected chi connectivity index (χ1v) is 6.53. The molecule has 100 valence electrons. The van der Waals surface area contributed by atoms with E-state index in [1.54, 1.807) is 16.8 Å². The van der Waals surface area contributed by atoms with E-state index in [0.29, 0.717) is 5.69 Å². The van der Waals surface area contributed by atoms with Gasteiger partial charge in [0.1, 0.15) is 17.3 Å². The Morgan fingerprint density at radius 3 is 2.68 bits per heavy atom. The molecule has 2 aromatic rings. The molecule has 0 atom stereocenters. The van der Waals surface area contributed by atoms with Crippen molar-refractivity contribution >= 4 is 5.82 Å². The Bertz CT molecular complexity index is 573. The maximum absolute atomic E-state index is 13.9. The molecule has 1 fully saturated rings. The van der Waals surface area contributed by atoms with E-state index in [2.05, 4.69) is 15.3 Å². The number of hydrogen-bond acceptors (Lipinski definition) is 3. The highest BCUT2D eigenvalue weighted by Gasteiger charge is 2.18. The number of anilines is 1. The van der Waals surface area contributed by atoms with Gasteiger partial charge in [-0.1, -0.05) is 12.1 Å². The van der Waals surface area contributed by atoms with Crippen LogP contribution in [0.1, 0.15) is 5.69 Å². The summed E-state index contributed by atoms with van der Waals surface area (Å²) in [5.41, 5.74) is 1.40. The fourth-order valence-corrected chi connectivity index (χ4v) is 2.41. The second-order valence-electron chi connectivity index (χ2n) is 4.74. The predicted octanol–water partition coefficient (Wildman–Crippen LogP) is 1.73. The van der Waals surface area contributed by atoms with E-state index in [1.165, 1.54) is 6.07 Å². The molecule has 5 heteroatoms. The number of para-hydroxylation sites is 1. The lowest BCUT2D eigenvalue weighted by atomic mass is 10.3. The molecule has 0 radical (unpaired) electrons. The molecule has 1 aromatic carbocycles. The third-order valence-electron chi connectivity index (χ3n) is 3.33. The number of aryl methyl sites for hydroxylation is 1. The van der Waals surface area contributed by atoms with E-state index >= 15 is 0 Å². The number of piperazine rings is 1. The molecule has 1 aliphatic rings. The first kappa shape index (κ1) is 12.2. The third kappa shape index (κ3) is 2.33. The van der Waals surface area contributed by atoms with Crippen molar-refractivity contribution in [3.63, 3.8) is 0 Å². The number of aromatic nitrogens is 2. The number of halogens is 1. The van der Waals surface area contributed by atoms with Crippen molar-refractivity contribution in [2.75, 3.05) is 31.1 Å². The molecule has 0 spiro atoms.